The second-order valence-corrected chi connectivity index (χ2v) is 8.36. The third kappa shape index (κ3) is 5.95. The van der Waals surface area contributed by atoms with Crippen LogP contribution in [0.25, 0.3) is 0 Å². The van der Waals surface area contributed by atoms with E-state index in [0.717, 1.165) is 38.0 Å². The van der Waals surface area contributed by atoms with Gasteiger partial charge in [0, 0.05) is 25.7 Å². The molecule has 1 aromatic carbocycles. The maximum Gasteiger partial charge on any atom is 0.225 e. The number of nitrogens with zero attached hydrogens (tertiary/aromatic N) is 3. The van der Waals surface area contributed by atoms with Gasteiger partial charge in [0.2, 0.25) is 5.28 Å². The normalized spacial score (nSPS) is 15.3. The molecule has 0 bridgehead atoms. The Labute approximate surface area is 196 Å². The van der Waals surface area contributed by atoms with Gasteiger partial charge in [-0.05, 0) is 56.0 Å². The lowest BCUT2D eigenvalue weighted by Crippen LogP contribution is -2.38. The van der Waals surface area contributed by atoms with Crippen molar-refractivity contribution >= 4 is 52.2 Å². The third-order valence-electron chi connectivity index (χ3n) is 4.78. The Kier molecular flexibility index (Phi) is 8.54. The summed E-state index contributed by atoms with van der Waals surface area (Å²) in [6, 6.07) is 4.20. The lowest BCUT2D eigenvalue weighted by atomic mass is 10.0. The highest BCUT2D eigenvalue weighted by Gasteiger charge is 2.22. The summed E-state index contributed by atoms with van der Waals surface area (Å²) in [6.07, 6.45) is 1.86. The van der Waals surface area contributed by atoms with E-state index >= 15 is 0 Å². The van der Waals surface area contributed by atoms with Gasteiger partial charge < -0.3 is 14.8 Å². The minimum atomic E-state index is 0.0716. The van der Waals surface area contributed by atoms with Gasteiger partial charge in [-0.3, -0.25) is 4.90 Å². The summed E-state index contributed by atoms with van der Waals surface area (Å²) in [4.78, 5) is 10.4. The van der Waals surface area contributed by atoms with Crippen LogP contribution in [0.15, 0.2) is 12.1 Å². The predicted octanol–water partition coefficient (Wildman–Crippen LogP) is 5.96. The number of hydrogen-bond donors (Lipinski definition) is 1. The summed E-state index contributed by atoms with van der Waals surface area (Å²) in [5.41, 5.74) is 1.11. The molecule has 1 N–H and O–H groups in total. The van der Waals surface area contributed by atoms with E-state index in [1.165, 1.54) is 0 Å². The first kappa shape index (κ1) is 23.5. The molecule has 0 unspecified atom stereocenters. The van der Waals surface area contributed by atoms with E-state index in [-0.39, 0.29) is 21.5 Å². The van der Waals surface area contributed by atoms with Crippen LogP contribution in [-0.2, 0) is 6.54 Å². The van der Waals surface area contributed by atoms with Gasteiger partial charge in [0.1, 0.15) is 21.5 Å². The second-order valence-electron chi connectivity index (χ2n) is 6.91. The number of halogens is 4. The fraction of sp³-hybridized carbons (Fsp3) is 0.500. The standard InChI is InChI=1S/C20H24Cl4N4O2/c1-3-29-14-9-12(10-15(16(14)21)30-4-2)11-28-7-5-13(6-8-28)25-19-17(22)18(23)26-20(24)27-19/h9-10,13H,3-8,11H2,1-2H3,(H,25,26,27). The van der Waals surface area contributed by atoms with E-state index in [9.17, 15) is 0 Å². The lowest BCUT2D eigenvalue weighted by molar-refractivity contribution is 0.210. The molecule has 0 saturated carbocycles. The molecule has 30 heavy (non-hydrogen) atoms. The summed E-state index contributed by atoms with van der Waals surface area (Å²) >= 11 is 24.5. The van der Waals surface area contributed by atoms with Gasteiger partial charge in [0.05, 0.1) is 13.2 Å². The van der Waals surface area contributed by atoms with E-state index in [2.05, 4.69) is 20.2 Å². The first-order valence-corrected chi connectivity index (χ1v) is 11.4. The monoisotopic (exact) mass is 492 g/mol. The summed E-state index contributed by atoms with van der Waals surface area (Å²) in [7, 11) is 0. The van der Waals surface area contributed by atoms with Gasteiger partial charge in [-0.2, -0.15) is 4.98 Å². The molecule has 1 aromatic heterocycles. The van der Waals surface area contributed by atoms with Crippen molar-refractivity contribution in [2.75, 3.05) is 31.6 Å². The van der Waals surface area contributed by atoms with Crippen molar-refractivity contribution in [2.24, 2.45) is 0 Å². The second kappa shape index (κ2) is 10.9. The number of benzene rings is 1. The van der Waals surface area contributed by atoms with Crippen LogP contribution < -0.4 is 14.8 Å². The molecular formula is C20H24Cl4N4O2. The maximum absolute atomic E-state index is 6.40. The minimum absolute atomic E-state index is 0.0716. The van der Waals surface area contributed by atoms with Gasteiger partial charge in [-0.1, -0.05) is 34.8 Å². The number of nitrogens with one attached hydrogen (secondary N) is 1. The third-order valence-corrected chi connectivity index (χ3v) is 6.05. The van der Waals surface area contributed by atoms with Crippen molar-refractivity contribution in [1.29, 1.82) is 0 Å². The molecule has 0 aliphatic carbocycles. The molecule has 1 aliphatic heterocycles. The SMILES string of the molecule is CCOc1cc(CN2CCC(Nc3nc(Cl)nc(Cl)c3Cl)CC2)cc(OCC)c1Cl. The van der Waals surface area contributed by atoms with Crippen LogP contribution in [0.3, 0.4) is 0 Å². The van der Waals surface area contributed by atoms with Crippen LogP contribution in [-0.4, -0.2) is 47.2 Å². The summed E-state index contributed by atoms with van der Waals surface area (Å²) in [5, 5.41) is 4.36. The van der Waals surface area contributed by atoms with E-state index in [1.807, 2.05) is 26.0 Å². The first-order valence-electron chi connectivity index (χ1n) is 9.86. The van der Waals surface area contributed by atoms with Gasteiger partial charge in [0.15, 0.2) is 11.0 Å². The van der Waals surface area contributed by atoms with Gasteiger partial charge in [0.25, 0.3) is 0 Å². The predicted molar refractivity (Wildman–Crippen MR) is 123 cm³/mol. The van der Waals surface area contributed by atoms with Crippen molar-refractivity contribution in [3.05, 3.63) is 38.2 Å². The van der Waals surface area contributed by atoms with Crippen LogP contribution in [0, 0.1) is 0 Å². The molecule has 0 amide bonds. The Bertz CT molecular complexity index is 849. The topological polar surface area (TPSA) is 59.5 Å². The quantitative estimate of drug-likeness (QED) is 0.361. The number of ether oxygens (including phenoxy) is 2. The zero-order valence-electron chi connectivity index (χ0n) is 16.9. The molecular weight excluding hydrogens is 470 g/mol. The Hall–Kier alpha value is -1.18. The molecule has 2 heterocycles. The number of hydrogen-bond acceptors (Lipinski definition) is 6. The maximum atomic E-state index is 6.40. The zero-order chi connectivity index (χ0) is 21.7. The smallest absolute Gasteiger partial charge is 0.225 e. The molecule has 1 saturated heterocycles. The molecule has 10 heteroatoms. The average Bonchev–Trinajstić information content (AvgIpc) is 2.71. The summed E-state index contributed by atoms with van der Waals surface area (Å²) < 4.78 is 11.4. The Morgan fingerprint density at radius 2 is 1.57 bits per heavy atom. The van der Waals surface area contributed by atoms with Crippen LogP contribution in [0.5, 0.6) is 11.5 Å². The highest BCUT2D eigenvalue weighted by Crippen LogP contribution is 2.36. The lowest BCUT2D eigenvalue weighted by Gasteiger charge is -2.33. The molecule has 6 nitrogen and oxygen atoms in total. The van der Waals surface area contributed by atoms with Gasteiger partial charge in [-0.25, -0.2) is 4.98 Å². The van der Waals surface area contributed by atoms with E-state index in [4.69, 9.17) is 55.9 Å². The van der Waals surface area contributed by atoms with Crippen molar-refractivity contribution < 1.29 is 9.47 Å². The first-order chi connectivity index (χ1) is 14.4. The van der Waals surface area contributed by atoms with Crippen LogP contribution in [0.1, 0.15) is 32.3 Å². The highest BCUT2D eigenvalue weighted by molar-refractivity contribution is 6.43. The van der Waals surface area contributed by atoms with Crippen molar-refractivity contribution in [3.63, 3.8) is 0 Å². The van der Waals surface area contributed by atoms with Crippen molar-refractivity contribution in [1.82, 2.24) is 14.9 Å². The van der Waals surface area contributed by atoms with Gasteiger partial charge >= 0.3 is 0 Å². The number of aromatic nitrogens is 2. The average molecular weight is 494 g/mol. The van der Waals surface area contributed by atoms with E-state index < -0.39 is 0 Å². The molecule has 0 spiro atoms. The molecule has 1 fully saturated rings. The van der Waals surface area contributed by atoms with Crippen LogP contribution in [0.2, 0.25) is 20.5 Å². The molecule has 0 atom stereocenters. The van der Waals surface area contributed by atoms with Crippen LogP contribution >= 0.6 is 46.4 Å². The van der Waals surface area contributed by atoms with Crippen LogP contribution in [0.4, 0.5) is 5.82 Å². The van der Waals surface area contributed by atoms with E-state index in [1.54, 1.807) is 0 Å². The fourth-order valence-electron chi connectivity index (χ4n) is 3.42. The molecule has 0 radical (unpaired) electrons. The van der Waals surface area contributed by atoms with Gasteiger partial charge in [-0.15, -0.1) is 0 Å². The molecule has 1 aliphatic rings. The Balaban J connectivity index is 1.62. The minimum Gasteiger partial charge on any atom is -0.492 e. The van der Waals surface area contributed by atoms with Crippen molar-refractivity contribution in [2.45, 2.75) is 39.3 Å². The summed E-state index contributed by atoms with van der Waals surface area (Å²) in [5.74, 6) is 1.79. The Morgan fingerprint density at radius 1 is 0.967 bits per heavy atom. The van der Waals surface area contributed by atoms with E-state index in [0.29, 0.717) is 35.6 Å². The number of rotatable bonds is 8. The molecule has 2 aromatic rings. The Morgan fingerprint density at radius 3 is 2.13 bits per heavy atom. The molecule has 3 rings (SSSR count). The highest BCUT2D eigenvalue weighted by atomic mass is 35.5. The fourth-order valence-corrected chi connectivity index (χ4v) is 4.15. The van der Waals surface area contributed by atoms with Crippen molar-refractivity contribution in [3.8, 4) is 11.5 Å². The zero-order valence-corrected chi connectivity index (χ0v) is 19.9. The largest absolute Gasteiger partial charge is 0.492 e. The number of piperidine rings is 1. The number of likely N-dealkylation sites (tertiary alicyclic amines) is 1. The number of anilines is 1. The summed E-state index contributed by atoms with van der Waals surface area (Å²) in [6.45, 7) is 7.58. The molecule has 164 valence electrons.